The molecule has 0 bridgehead atoms. The van der Waals surface area contributed by atoms with Crippen LogP contribution in [0.4, 0.5) is 47.9 Å². The number of hydrogen-bond acceptors (Lipinski definition) is 6. The third-order valence-corrected chi connectivity index (χ3v) is 5.84. The van der Waals surface area contributed by atoms with Gasteiger partial charge < -0.3 is 19.7 Å². The smallest absolute Gasteiger partial charge is 0.406 e. The molecule has 2 atom stereocenters. The summed E-state index contributed by atoms with van der Waals surface area (Å²) in [4.78, 5) is 20.5. The number of rotatable bonds is 9. The van der Waals surface area contributed by atoms with Gasteiger partial charge in [0.05, 0.1) is 11.2 Å². The molecular weight excluding hydrogens is 571 g/mol. The highest BCUT2D eigenvalue weighted by atomic mass is 32.2. The third-order valence-electron chi connectivity index (χ3n) is 5.17. The second kappa shape index (κ2) is 11.3. The van der Waals surface area contributed by atoms with Gasteiger partial charge >= 0.3 is 12.4 Å². The van der Waals surface area contributed by atoms with Crippen LogP contribution in [0, 0.1) is 12.7 Å². The summed E-state index contributed by atoms with van der Waals surface area (Å²) in [5, 5.41) is 3.37. The Morgan fingerprint density at radius 3 is 2.30 bits per heavy atom. The Hall–Kier alpha value is -3.82. The molecule has 0 radical (unpaired) electrons. The largest absolute Gasteiger partial charge is 0.479 e. The Kier molecular flexibility index (Phi) is 8.71. The zero-order chi connectivity index (χ0) is 30.0. The zero-order valence-corrected chi connectivity index (χ0v) is 22.1. The fraction of sp³-hybridized carbons (Fsp3) is 0.333. The summed E-state index contributed by atoms with van der Waals surface area (Å²) in [6.45, 7) is -1.65. The van der Waals surface area contributed by atoms with Gasteiger partial charge in [-0.25, -0.2) is 18.6 Å². The molecule has 0 aliphatic rings. The molecule has 1 aromatic heterocycles. The number of aromatic nitrogens is 2. The number of nitrogens with one attached hydrogen (secondary N) is 2. The number of halogens is 7. The first kappa shape index (κ1) is 30.7. The molecule has 0 aliphatic heterocycles. The van der Waals surface area contributed by atoms with Gasteiger partial charge in [-0.2, -0.15) is 26.3 Å². The quantitative estimate of drug-likeness (QED) is 0.260. The minimum atomic E-state index is -5.10. The van der Waals surface area contributed by atoms with Crippen molar-refractivity contribution in [2.75, 3.05) is 29.4 Å². The monoisotopic (exact) mass is 595 g/mol. The first-order valence-electron chi connectivity index (χ1n) is 11.3. The summed E-state index contributed by atoms with van der Waals surface area (Å²) >= 11 is 0. The normalized spacial score (nSPS) is 14.3. The molecule has 16 heteroatoms. The predicted octanol–water partition coefficient (Wildman–Crippen LogP) is 5.21. The highest BCUT2D eigenvalue weighted by Gasteiger charge is 2.41. The minimum Gasteiger partial charge on any atom is -0.479 e. The third kappa shape index (κ3) is 8.59. The van der Waals surface area contributed by atoms with Gasteiger partial charge in [-0.1, -0.05) is 0 Å². The number of hydrogen-bond donors (Lipinski definition) is 2. The number of alkyl halides is 6. The molecule has 0 saturated heterocycles. The first-order chi connectivity index (χ1) is 18.3. The van der Waals surface area contributed by atoms with E-state index in [4.69, 9.17) is 4.74 Å². The van der Waals surface area contributed by atoms with Crippen LogP contribution in [0.1, 0.15) is 12.5 Å². The van der Waals surface area contributed by atoms with E-state index in [1.807, 2.05) is 0 Å². The molecule has 1 heterocycles. The molecule has 40 heavy (non-hydrogen) atoms. The maximum Gasteiger partial charge on any atom is 0.406 e. The summed E-state index contributed by atoms with van der Waals surface area (Å²) in [6.07, 6.45) is -9.45. The Morgan fingerprint density at radius 1 is 1.10 bits per heavy atom. The van der Waals surface area contributed by atoms with Gasteiger partial charge in [0.25, 0.3) is 5.91 Å². The number of anilines is 3. The van der Waals surface area contributed by atoms with Crippen molar-refractivity contribution in [3.05, 3.63) is 48.0 Å². The molecular formula is C24H24F7N5O3S. The zero-order valence-electron chi connectivity index (χ0n) is 21.3. The molecule has 0 spiro atoms. The van der Waals surface area contributed by atoms with E-state index in [1.54, 1.807) is 19.1 Å². The van der Waals surface area contributed by atoms with Crippen molar-refractivity contribution in [1.29, 1.82) is 0 Å². The number of ether oxygens (including phenoxy) is 1. The number of benzene rings is 2. The van der Waals surface area contributed by atoms with E-state index in [0.717, 1.165) is 19.1 Å². The first-order valence-corrected chi connectivity index (χ1v) is 13.5. The summed E-state index contributed by atoms with van der Waals surface area (Å²) in [7, 11) is -2.59. The van der Waals surface area contributed by atoms with Gasteiger partial charge in [-0.15, -0.1) is 0 Å². The molecule has 2 aromatic carbocycles. The Morgan fingerprint density at radius 2 is 1.73 bits per heavy atom. The lowest BCUT2D eigenvalue weighted by Gasteiger charge is -2.28. The number of aryl methyl sites for hydroxylation is 1. The number of carbonyl (C=O) groups is 1. The van der Waals surface area contributed by atoms with Gasteiger partial charge in [-0.05, 0) is 49.5 Å². The van der Waals surface area contributed by atoms with E-state index < -0.39 is 57.9 Å². The lowest BCUT2D eigenvalue weighted by atomic mass is 10.1. The molecule has 1 amide bonds. The SMILES string of the molecule is C=S(C)(=O)Nc1cc(C)c2c(Nc3ccc(F)cc3OC(C)C(=O)N(CC(F)(F)F)CC(F)(F)F)ncnc2c1. The van der Waals surface area contributed by atoms with Gasteiger partial charge in [0.2, 0.25) is 0 Å². The average Bonchev–Trinajstić information content (AvgIpc) is 2.76. The van der Waals surface area contributed by atoms with E-state index >= 15 is 0 Å². The Balaban J connectivity index is 1.94. The second-order valence-corrected chi connectivity index (χ2v) is 11.2. The fourth-order valence-electron chi connectivity index (χ4n) is 3.76. The summed E-state index contributed by atoms with van der Waals surface area (Å²) < 4.78 is 111. The molecule has 3 aromatic rings. The second-order valence-electron chi connectivity index (χ2n) is 8.97. The van der Waals surface area contributed by atoms with E-state index in [2.05, 4.69) is 25.9 Å². The molecule has 0 saturated carbocycles. The van der Waals surface area contributed by atoms with Crippen molar-refractivity contribution in [3.8, 4) is 5.75 Å². The van der Waals surface area contributed by atoms with Crippen LogP contribution in [0.2, 0.25) is 0 Å². The van der Waals surface area contributed by atoms with Gasteiger partial charge in [-0.3, -0.25) is 4.79 Å². The Bertz CT molecular complexity index is 1500. The van der Waals surface area contributed by atoms with Gasteiger partial charge in [0.1, 0.15) is 36.8 Å². The van der Waals surface area contributed by atoms with Crippen LogP contribution in [0.3, 0.4) is 0 Å². The van der Waals surface area contributed by atoms with Crippen LogP contribution in [0.15, 0.2) is 36.7 Å². The topological polar surface area (TPSA) is 96.5 Å². The van der Waals surface area contributed by atoms with Gasteiger partial charge in [0, 0.05) is 33.1 Å². The number of carbonyl (C=O) groups excluding carboxylic acids is 1. The van der Waals surface area contributed by atoms with E-state index in [0.29, 0.717) is 22.2 Å². The Labute approximate surface area is 224 Å². The highest BCUT2D eigenvalue weighted by molar-refractivity contribution is 8.00. The van der Waals surface area contributed by atoms with Crippen LogP contribution in [-0.2, 0) is 14.5 Å². The predicted molar refractivity (Wildman–Crippen MR) is 138 cm³/mol. The maximum atomic E-state index is 14.1. The summed E-state index contributed by atoms with van der Waals surface area (Å²) in [5.74, 6) is 0.899. The fourth-order valence-corrected chi connectivity index (χ4v) is 4.38. The number of amides is 1. The maximum absolute atomic E-state index is 14.1. The number of fused-ring (bicyclic) bond motifs is 1. The van der Waals surface area contributed by atoms with Crippen molar-refractivity contribution in [2.24, 2.45) is 0 Å². The molecule has 218 valence electrons. The van der Waals surface area contributed by atoms with Crippen LogP contribution in [-0.4, -0.2) is 68.7 Å². The summed E-state index contributed by atoms with van der Waals surface area (Å²) in [6, 6.07) is 6.27. The average molecular weight is 596 g/mol. The van der Waals surface area contributed by atoms with Crippen LogP contribution < -0.4 is 14.8 Å². The van der Waals surface area contributed by atoms with Crippen molar-refractivity contribution in [2.45, 2.75) is 32.3 Å². The lowest BCUT2D eigenvalue weighted by Crippen LogP contribution is -2.48. The molecule has 2 N–H and O–H groups in total. The number of nitrogens with zero attached hydrogens (tertiary/aromatic N) is 3. The lowest BCUT2D eigenvalue weighted by molar-refractivity contribution is -0.190. The van der Waals surface area contributed by atoms with Crippen molar-refractivity contribution in [3.63, 3.8) is 0 Å². The molecule has 2 unspecified atom stereocenters. The van der Waals surface area contributed by atoms with Crippen molar-refractivity contribution >= 4 is 49.6 Å². The van der Waals surface area contributed by atoms with E-state index in [9.17, 15) is 39.7 Å². The van der Waals surface area contributed by atoms with Gasteiger partial charge in [0.15, 0.2) is 6.10 Å². The molecule has 0 aliphatic carbocycles. The van der Waals surface area contributed by atoms with Crippen molar-refractivity contribution in [1.82, 2.24) is 14.9 Å². The van der Waals surface area contributed by atoms with Crippen molar-refractivity contribution < 1.29 is 44.5 Å². The summed E-state index contributed by atoms with van der Waals surface area (Å²) in [5.41, 5.74) is 1.51. The molecule has 0 fully saturated rings. The van der Waals surface area contributed by atoms with E-state index in [-0.39, 0.29) is 17.3 Å². The molecule has 3 rings (SSSR count). The highest BCUT2D eigenvalue weighted by Crippen LogP contribution is 2.34. The molecule has 8 nitrogen and oxygen atoms in total. The minimum absolute atomic E-state index is 0.00943. The van der Waals surface area contributed by atoms with Crippen LogP contribution in [0.5, 0.6) is 5.75 Å². The van der Waals surface area contributed by atoms with Crippen LogP contribution in [0.25, 0.3) is 10.9 Å². The van der Waals surface area contributed by atoms with Crippen LogP contribution >= 0.6 is 0 Å². The standard InChI is InChI=1S/C24H24F7N5O3S/c1-13-7-16(35-40(3,4)38)9-18-20(13)21(33-12-32-18)34-17-6-5-15(25)8-19(17)39-14(2)22(37)36(10-23(26,27)28)11-24(29,30)31/h5-9,12,14H,3,10-11H2,1-2,4H3,(H,35,38)(H,32,33,34). The van der Waals surface area contributed by atoms with E-state index in [1.165, 1.54) is 18.6 Å².